The number of nitrogens with one attached hydrogen (secondary N) is 1. The van der Waals surface area contributed by atoms with Crippen molar-refractivity contribution in [3.63, 3.8) is 0 Å². The summed E-state index contributed by atoms with van der Waals surface area (Å²) in [5.74, 6) is 1.15. The molecule has 2 rings (SSSR count). The first-order chi connectivity index (χ1) is 7.18. The molecule has 4 heteroatoms. The molecule has 1 aromatic carbocycles. The first-order valence-electron chi connectivity index (χ1n) is 4.85. The SMILES string of the molecule is CC(C)c1nc(-c2ccccc2F)n[nH]1. The van der Waals surface area contributed by atoms with Crippen LogP contribution in [0, 0.1) is 5.82 Å². The Morgan fingerprint density at radius 3 is 2.60 bits per heavy atom. The first kappa shape index (κ1) is 9.83. The molecule has 0 amide bonds. The topological polar surface area (TPSA) is 41.6 Å². The van der Waals surface area contributed by atoms with Gasteiger partial charge >= 0.3 is 0 Å². The van der Waals surface area contributed by atoms with Crippen molar-refractivity contribution in [2.45, 2.75) is 19.8 Å². The standard InChI is InChI=1S/C11H12FN3/c1-7(2)10-13-11(15-14-10)8-5-3-4-6-9(8)12/h3-7H,1-2H3,(H,13,14,15). The summed E-state index contributed by atoms with van der Waals surface area (Å²) in [7, 11) is 0. The summed E-state index contributed by atoms with van der Waals surface area (Å²) in [6.07, 6.45) is 0. The minimum absolute atomic E-state index is 0.262. The molecule has 0 unspecified atom stereocenters. The van der Waals surface area contributed by atoms with Crippen molar-refractivity contribution >= 4 is 0 Å². The second-order valence-electron chi connectivity index (χ2n) is 3.68. The Morgan fingerprint density at radius 1 is 1.27 bits per heavy atom. The molecular formula is C11H12FN3. The zero-order valence-electron chi connectivity index (χ0n) is 8.66. The fraction of sp³-hybridized carbons (Fsp3) is 0.273. The molecule has 0 atom stereocenters. The number of hydrogen-bond acceptors (Lipinski definition) is 2. The van der Waals surface area contributed by atoms with Crippen LogP contribution in [0.25, 0.3) is 11.4 Å². The summed E-state index contributed by atoms with van der Waals surface area (Å²) >= 11 is 0. The van der Waals surface area contributed by atoms with Gasteiger partial charge in [-0.05, 0) is 12.1 Å². The summed E-state index contributed by atoms with van der Waals surface area (Å²) in [6, 6.07) is 6.49. The Balaban J connectivity index is 2.42. The highest BCUT2D eigenvalue weighted by Gasteiger charge is 2.11. The van der Waals surface area contributed by atoms with E-state index in [0.29, 0.717) is 11.4 Å². The van der Waals surface area contributed by atoms with Gasteiger partial charge in [0.15, 0.2) is 5.82 Å². The Labute approximate surface area is 87.4 Å². The molecule has 78 valence electrons. The lowest BCUT2D eigenvalue weighted by Crippen LogP contribution is -1.90. The van der Waals surface area contributed by atoms with Crippen LogP contribution >= 0.6 is 0 Å². The van der Waals surface area contributed by atoms with E-state index in [0.717, 1.165) is 5.82 Å². The molecule has 1 heterocycles. The fourth-order valence-corrected chi connectivity index (χ4v) is 1.30. The molecule has 1 N–H and O–H groups in total. The van der Waals surface area contributed by atoms with Gasteiger partial charge in [-0.15, -0.1) is 0 Å². The quantitative estimate of drug-likeness (QED) is 0.819. The first-order valence-corrected chi connectivity index (χ1v) is 4.85. The van der Waals surface area contributed by atoms with Gasteiger partial charge in [0.25, 0.3) is 0 Å². The molecule has 0 aliphatic rings. The van der Waals surface area contributed by atoms with Gasteiger partial charge in [0.1, 0.15) is 11.6 Å². The van der Waals surface area contributed by atoms with E-state index >= 15 is 0 Å². The van der Waals surface area contributed by atoms with E-state index in [9.17, 15) is 4.39 Å². The van der Waals surface area contributed by atoms with Gasteiger partial charge < -0.3 is 0 Å². The predicted octanol–water partition coefficient (Wildman–Crippen LogP) is 2.73. The Morgan fingerprint density at radius 2 is 2.00 bits per heavy atom. The lowest BCUT2D eigenvalue weighted by molar-refractivity contribution is 0.630. The van der Waals surface area contributed by atoms with Gasteiger partial charge in [-0.1, -0.05) is 26.0 Å². The highest BCUT2D eigenvalue weighted by atomic mass is 19.1. The Hall–Kier alpha value is -1.71. The van der Waals surface area contributed by atoms with E-state index in [1.165, 1.54) is 6.07 Å². The fourth-order valence-electron chi connectivity index (χ4n) is 1.30. The van der Waals surface area contributed by atoms with Crippen molar-refractivity contribution in [1.29, 1.82) is 0 Å². The predicted molar refractivity (Wildman–Crippen MR) is 55.9 cm³/mol. The maximum Gasteiger partial charge on any atom is 0.184 e. The van der Waals surface area contributed by atoms with E-state index in [1.54, 1.807) is 18.2 Å². The number of hydrogen-bond donors (Lipinski definition) is 1. The molecule has 0 fully saturated rings. The van der Waals surface area contributed by atoms with Crippen molar-refractivity contribution in [1.82, 2.24) is 15.2 Å². The van der Waals surface area contributed by atoms with Crippen LogP contribution in [-0.4, -0.2) is 15.2 Å². The van der Waals surface area contributed by atoms with E-state index < -0.39 is 0 Å². The van der Waals surface area contributed by atoms with E-state index in [4.69, 9.17) is 0 Å². The molecule has 0 saturated carbocycles. The zero-order chi connectivity index (χ0) is 10.8. The number of aromatic nitrogens is 3. The second kappa shape index (κ2) is 3.81. The molecule has 15 heavy (non-hydrogen) atoms. The van der Waals surface area contributed by atoms with Crippen LogP contribution in [0.3, 0.4) is 0 Å². The molecule has 0 spiro atoms. The molecule has 0 bridgehead atoms. The normalized spacial score (nSPS) is 10.9. The van der Waals surface area contributed by atoms with E-state index in [1.807, 2.05) is 13.8 Å². The van der Waals surface area contributed by atoms with E-state index in [2.05, 4.69) is 15.2 Å². The van der Waals surface area contributed by atoms with E-state index in [-0.39, 0.29) is 11.7 Å². The van der Waals surface area contributed by atoms with Crippen LogP contribution < -0.4 is 0 Å². The summed E-state index contributed by atoms with van der Waals surface area (Å²) in [5, 5.41) is 6.80. The van der Waals surface area contributed by atoms with Gasteiger partial charge in [0.05, 0.1) is 5.56 Å². The van der Waals surface area contributed by atoms with Crippen molar-refractivity contribution < 1.29 is 4.39 Å². The lowest BCUT2D eigenvalue weighted by Gasteiger charge is -1.97. The van der Waals surface area contributed by atoms with Gasteiger partial charge in [-0.3, -0.25) is 5.10 Å². The largest absolute Gasteiger partial charge is 0.262 e. The molecule has 0 aliphatic carbocycles. The van der Waals surface area contributed by atoms with Crippen LogP contribution in [0.15, 0.2) is 24.3 Å². The molecule has 1 aromatic heterocycles. The van der Waals surface area contributed by atoms with Crippen LogP contribution in [0.2, 0.25) is 0 Å². The summed E-state index contributed by atoms with van der Waals surface area (Å²) < 4.78 is 13.4. The van der Waals surface area contributed by atoms with Gasteiger partial charge in [-0.2, -0.15) is 5.10 Å². The van der Waals surface area contributed by atoms with Crippen LogP contribution in [-0.2, 0) is 0 Å². The molecular weight excluding hydrogens is 193 g/mol. The Bertz CT molecular complexity index is 462. The number of halogens is 1. The smallest absolute Gasteiger partial charge is 0.184 e. The molecule has 0 radical (unpaired) electrons. The van der Waals surface area contributed by atoms with Crippen molar-refractivity contribution in [2.24, 2.45) is 0 Å². The maximum atomic E-state index is 13.4. The number of rotatable bonds is 2. The molecule has 0 saturated heterocycles. The summed E-state index contributed by atoms with van der Waals surface area (Å²) in [5.41, 5.74) is 0.431. The molecule has 2 aromatic rings. The summed E-state index contributed by atoms with van der Waals surface area (Å²) in [4.78, 5) is 4.23. The Kier molecular flexibility index (Phi) is 2.49. The highest BCUT2D eigenvalue weighted by molar-refractivity contribution is 5.55. The minimum Gasteiger partial charge on any atom is -0.262 e. The van der Waals surface area contributed by atoms with Crippen LogP contribution in [0.4, 0.5) is 4.39 Å². The third-order valence-electron chi connectivity index (χ3n) is 2.16. The molecule has 0 aliphatic heterocycles. The monoisotopic (exact) mass is 205 g/mol. The van der Waals surface area contributed by atoms with Crippen LogP contribution in [0.1, 0.15) is 25.6 Å². The molecule has 3 nitrogen and oxygen atoms in total. The lowest BCUT2D eigenvalue weighted by atomic mass is 10.2. The average Bonchev–Trinajstić information content (AvgIpc) is 2.67. The zero-order valence-corrected chi connectivity index (χ0v) is 8.66. The summed E-state index contributed by atoms with van der Waals surface area (Å²) in [6.45, 7) is 4.01. The minimum atomic E-state index is -0.299. The number of benzene rings is 1. The third-order valence-corrected chi connectivity index (χ3v) is 2.16. The number of H-pyrrole nitrogens is 1. The van der Waals surface area contributed by atoms with Crippen molar-refractivity contribution in [3.8, 4) is 11.4 Å². The van der Waals surface area contributed by atoms with Gasteiger partial charge in [0, 0.05) is 5.92 Å². The second-order valence-corrected chi connectivity index (χ2v) is 3.68. The number of aromatic amines is 1. The van der Waals surface area contributed by atoms with Crippen LogP contribution in [0.5, 0.6) is 0 Å². The number of nitrogens with zero attached hydrogens (tertiary/aromatic N) is 2. The van der Waals surface area contributed by atoms with Gasteiger partial charge in [0.2, 0.25) is 0 Å². The van der Waals surface area contributed by atoms with Gasteiger partial charge in [-0.25, -0.2) is 9.37 Å². The van der Waals surface area contributed by atoms with Crippen molar-refractivity contribution in [2.75, 3.05) is 0 Å². The van der Waals surface area contributed by atoms with Crippen molar-refractivity contribution in [3.05, 3.63) is 35.9 Å². The third kappa shape index (κ3) is 1.88. The maximum absolute atomic E-state index is 13.4. The average molecular weight is 205 g/mol. The highest BCUT2D eigenvalue weighted by Crippen LogP contribution is 2.19.